The third-order valence-corrected chi connectivity index (χ3v) is 5.03. The van der Waals surface area contributed by atoms with Crippen LogP contribution in [0, 0.1) is 5.92 Å². The van der Waals surface area contributed by atoms with Crippen molar-refractivity contribution in [2.24, 2.45) is 20.0 Å². The van der Waals surface area contributed by atoms with E-state index in [9.17, 15) is 9.59 Å². The highest BCUT2D eigenvalue weighted by atomic mass is 16.5. The highest BCUT2D eigenvalue weighted by Crippen LogP contribution is 2.49. The van der Waals surface area contributed by atoms with Crippen molar-refractivity contribution in [1.82, 2.24) is 9.13 Å². The lowest BCUT2D eigenvalue weighted by atomic mass is 9.67. The monoisotopic (exact) mass is 278 g/mol. The molecule has 0 bridgehead atoms. The number of aromatic nitrogens is 2. The van der Waals surface area contributed by atoms with Gasteiger partial charge in [-0.15, -0.1) is 0 Å². The van der Waals surface area contributed by atoms with Crippen LogP contribution in [0.5, 0.6) is 5.88 Å². The molecule has 0 amide bonds. The molecular weight excluding hydrogens is 256 g/mol. The molecule has 110 valence electrons. The minimum atomic E-state index is -0.325. The van der Waals surface area contributed by atoms with Gasteiger partial charge in [0.2, 0.25) is 5.88 Å². The molecule has 5 nitrogen and oxygen atoms in total. The molecule has 2 atom stereocenters. The van der Waals surface area contributed by atoms with Crippen LogP contribution < -0.4 is 16.0 Å². The van der Waals surface area contributed by atoms with Crippen LogP contribution in [-0.4, -0.2) is 14.7 Å². The first kappa shape index (κ1) is 13.5. The third kappa shape index (κ3) is 1.68. The zero-order valence-electron chi connectivity index (χ0n) is 12.6. The number of fused-ring (bicyclic) bond motifs is 3. The SMILES string of the molecule is Cn1c2c(c(=O)n(C)c1=O)[C@@H]1CCCC[C@H]1C(C)(C)O2. The number of nitrogens with zero attached hydrogens (tertiary/aromatic N) is 2. The minimum Gasteiger partial charge on any atom is -0.472 e. The first-order chi connectivity index (χ1) is 9.34. The van der Waals surface area contributed by atoms with Crippen LogP contribution in [0.2, 0.25) is 0 Å². The molecule has 0 aromatic carbocycles. The van der Waals surface area contributed by atoms with E-state index in [0.717, 1.165) is 19.3 Å². The fourth-order valence-corrected chi connectivity index (χ4v) is 3.93. The Labute approximate surface area is 118 Å². The number of hydrogen-bond acceptors (Lipinski definition) is 3. The average molecular weight is 278 g/mol. The van der Waals surface area contributed by atoms with Crippen LogP contribution in [0.15, 0.2) is 9.59 Å². The molecule has 1 aromatic rings. The Balaban J connectivity index is 2.31. The van der Waals surface area contributed by atoms with Gasteiger partial charge in [-0.2, -0.15) is 0 Å². The summed E-state index contributed by atoms with van der Waals surface area (Å²) in [7, 11) is 3.22. The zero-order valence-corrected chi connectivity index (χ0v) is 12.6. The van der Waals surface area contributed by atoms with Crippen molar-refractivity contribution >= 4 is 0 Å². The molecule has 0 N–H and O–H groups in total. The van der Waals surface area contributed by atoms with Gasteiger partial charge in [0, 0.05) is 25.9 Å². The quantitative estimate of drug-likeness (QED) is 0.723. The van der Waals surface area contributed by atoms with Crippen LogP contribution in [0.25, 0.3) is 0 Å². The Bertz CT molecular complexity index is 669. The molecule has 1 aliphatic heterocycles. The van der Waals surface area contributed by atoms with Gasteiger partial charge in [-0.05, 0) is 26.7 Å². The van der Waals surface area contributed by atoms with Crippen molar-refractivity contribution in [3.05, 3.63) is 26.4 Å². The lowest BCUT2D eigenvalue weighted by Crippen LogP contribution is -2.51. The largest absolute Gasteiger partial charge is 0.472 e. The van der Waals surface area contributed by atoms with Crippen LogP contribution in [0.3, 0.4) is 0 Å². The fraction of sp³-hybridized carbons (Fsp3) is 0.733. The van der Waals surface area contributed by atoms with Crippen molar-refractivity contribution in [3.63, 3.8) is 0 Å². The Morgan fingerprint density at radius 3 is 2.45 bits per heavy atom. The van der Waals surface area contributed by atoms with E-state index in [1.807, 2.05) is 0 Å². The fourth-order valence-electron chi connectivity index (χ4n) is 3.93. The van der Waals surface area contributed by atoms with Crippen molar-refractivity contribution in [3.8, 4) is 5.88 Å². The molecule has 2 heterocycles. The van der Waals surface area contributed by atoms with E-state index in [-0.39, 0.29) is 22.8 Å². The Morgan fingerprint density at radius 1 is 1.10 bits per heavy atom. The summed E-state index contributed by atoms with van der Waals surface area (Å²) < 4.78 is 8.76. The van der Waals surface area contributed by atoms with Crippen LogP contribution in [0.1, 0.15) is 51.0 Å². The van der Waals surface area contributed by atoms with E-state index in [2.05, 4.69) is 13.8 Å². The van der Waals surface area contributed by atoms with Crippen molar-refractivity contribution in [2.75, 3.05) is 0 Å². The second kappa shape index (κ2) is 4.24. The molecule has 1 fully saturated rings. The molecule has 5 heteroatoms. The normalized spacial score (nSPS) is 27.4. The second-order valence-electron chi connectivity index (χ2n) is 6.63. The summed E-state index contributed by atoms with van der Waals surface area (Å²) in [5, 5.41) is 0. The van der Waals surface area contributed by atoms with Gasteiger partial charge in [-0.3, -0.25) is 13.9 Å². The third-order valence-electron chi connectivity index (χ3n) is 5.03. The summed E-state index contributed by atoms with van der Waals surface area (Å²) in [6.45, 7) is 4.14. The number of ether oxygens (including phenoxy) is 1. The standard InChI is InChI=1S/C15H22N2O3/c1-15(2)10-8-6-5-7-9(10)11-12(18)16(3)14(19)17(4)13(11)20-15/h9-10H,5-8H2,1-4H3/t9-,10-/m1/s1. The Hall–Kier alpha value is -1.52. The van der Waals surface area contributed by atoms with Gasteiger partial charge in [-0.25, -0.2) is 4.79 Å². The summed E-state index contributed by atoms with van der Waals surface area (Å²) in [4.78, 5) is 24.6. The summed E-state index contributed by atoms with van der Waals surface area (Å²) in [5.41, 5.74) is -0.123. The molecule has 0 radical (unpaired) electrons. The van der Waals surface area contributed by atoms with Gasteiger partial charge in [0.25, 0.3) is 5.56 Å². The van der Waals surface area contributed by atoms with Gasteiger partial charge in [0.1, 0.15) is 5.60 Å². The lowest BCUT2D eigenvalue weighted by Gasteiger charge is -2.47. The molecule has 1 saturated carbocycles. The predicted molar refractivity (Wildman–Crippen MR) is 76.3 cm³/mol. The summed E-state index contributed by atoms with van der Waals surface area (Å²) in [6, 6.07) is 0. The molecule has 3 rings (SSSR count). The predicted octanol–water partition coefficient (Wildman–Crippen LogP) is 1.53. The van der Waals surface area contributed by atoms with Gasteiger partial charge >= 0.3 is 5.69 Å². The lowest BCUT2D eigenvalue weighted by molar-refractivity contribution is -0.0156. The second-order valence-corrected chi connectivity index (χ2v) is 6.63. The van der Waals surface area contributed by atoms with E-state index in [4.69, 9.17) is 4.74 Å². The smallest absolute Gasteiger partial charge is 0.333 e. The van der Waals surface area contributed by atoms with E-state index < -0.39 is 0 Å². The maximum absolute atomic E-state index is 12.5. The molecule has 0 unspecified atom stereocenters. The molecule has 1 aromatic heterocycles. The molecule has 20 heavy (non-hydrogen) atoms. The molecule has 1 aliphatic carbocycles. The molecular formula is C15H22N2O3. The van der Waals surface area contributed by atoms with E-state index in [1.165, 1.54) is 15.6 Å². The van der Waals surface area contributed by atoms with Gasteiger partial charge < -0.3 is 4.74 Å². The van der Waals surface area contributed by atoms with Gasteiger partial charge in [0.05, 0.1) is 5.56 Å². The van der Waals surface area contributed by atoms with E-state index in [0.29, 0.717) is 17.4 Å². The Morgan fingerprint density at radius 2 is 1.75 bits per heavy atom. The van der Waals surface area contributed by atoms with Crippen molar-refractivity contribution in [2.45, 2.75) is 51.0 Å². The maximum Gasteiger partial charge on any atom is 0.333 e. The number of rotatable bonds is 0. The summed E-state index contributed by atoms with van der Waals surface area (Å²) in [6.07, 6.45) is 4.43. The Kier molecular flexibility index (Phi) is 2.85. The summed E-state index contributed by atoms with van der Waals surface area (Å²) >= 11 is 0. The van der Waals surface area contributed by atoms with E-state index in [1.54, 1.807) is 14.1 Å². The first-order valence-corrected chi connectivity index (χ1v) is 7.33. The van der Waals surface area contributed by atoms with Gasteiger partial charge in [-0.1, -0.05) is 12.8 Å². The molecule has 0 saturated heterocycles. The zero-order chi connectivity index (χ0) is 14.7. The highest BCUT2D eigenvalue weighted by Gasteiger charge is 2.47. The average Bonchev–Trinajstić information content (AvgIpc) is 2.42. The summed E-state index contributed by atoms with van der Waals surface area (Å²) in [5.74, 6) is 1.05. The van der Waals surface area contributed by atoms with E-state index >= 15 is 0 Å². The maximum atomic E-state index is 12.5. The van der Waals surface area contributed by atoms with Crippen LogP contribution in [0.4, 0.5) is 0 Å². The van der Waals surface area contributed by atoms with Crippen LogP contribution >= 0.6 is 0 Å². The molecule has 2 aliphatic rings. The number of hydrogen-bond donors (Lipinski definition) is 0. The minimum absolute atomic E-state index is 0.185. The van der Waals surface area contributed by atoms with Crippen molar-refractivity contribution < 1.29 is 4.74 Å². The van der Waals surface area contributed by atoms with Crippen molar-refractivity contribution in [1.29, 1.82) is 0 Å². The van der Waals surface area contributed by atoms with Gasteiger partial charge in [0.15, 0.2) is 0 Å². The van der Waals surface area contributed by atoms with Crippen LogP contribution in [-0.2, 0) is 14.1 Å². The molecule has 0 spiro atoms. The first-order valence-electron chi connectivity index (χ1n) is 7.33. The topological polar surface area (TPSA) is 53.2 Å². The highest BCUT2D eigenvalue weighted by molar-refractivity contribution is 5.34.